The summed E-state index contributed by atoms with van der Waals surface area (Å²) >= 11 is 1.65. The van der Waals surface area contributed by atoms with E-state index >= 15 is 0 Å². The third kappa shape index (κ3) is 2.78. The Hall–Kier alpha value is -0.670. The van der Waals surface area contributed by atoms with Gasteiger partial charge in [-0.2, -0.15) is 0 Å². The van der Waals surface area contributed by atoms with Crippen LogP contribution in [0.15, 0.2) is 17.5 Å². The molecule has 1 aromatic heterocycles. The summed E-state index contributed by atoms with van der Waals surface area (Å²) in [6.07, 6.45) is 4.50. The highest BCUT2D eigenvalue weighted by molar-refractivity contribution is 7.10. The Morgan fingerprint density at radius 3 is 2.76 bits per heavy atom. The van der Waals surface area contributed by atoms with E-state index in [-0.39, 0.29) is 5.78 Å². The molecule has 0 spiro atoms. The summed E-state index contributed by atoms with van der Waals surface area (Å²) in [5.41, 5.74) is -0.503. The summed E-state index contributed by atoms with van der Waals surface area (Å²) in [5, 5.41) is 2.02. The quantitative estimate of drug-likeness (QED) is 0.820. The molecule has 1 saturated carbocycles. The van der Waals surface area contributed by atoms with Gasteiger partial charge in [-0.3, -0.25) is 4.79 Å². The van der Waals surface area contributed by atoms with Gasteiger partial charge in [0.15, 0.2) is 5.78 Å². The first-order valence-corrected chi connectivity index (χ1v) is 7.15. The van der Waals surface area contributed by atoms with Crippen LogP contribution in [0, 0.1) is 5.92 Å². The molecule has 1 aliphatic rings. The maximum absolute atomic E-state index is 12.4. The normalized spacial score (nSPS) is 29.2. The second kappa shape index (κ2) is 5.32. The molecular formula is C14H20O2S. The molecule has 0 unspecified atom stereocenters. The molecule has 0 amide bonds. The average Bonchev–Trinajstić information content (AvgIpc) is 2.83. The Labute approximate surface area is 107 Å². The Morgan fingerprint density at radius 1 is 1.53 bits per heavy atom. The van der Waals surface area contributed by atoms with Gasteiger partial charge in [-0.1, -0.05) is 13.0 Å². The smallest absolute Gasteiger partial charge is 0.169 e. The van der Waals surface area contributed by atoms with Gasteiger partial charge in [0, 0.05) is 18.4 Å². The molecule has 1 aromatic rings. The lowest BCUT2D eigenvalue weighted by molar-refractivity contribution is -0.145. The van der Waals surface area contributed by atoms with Crippen LogP contribution in [0.3, 0.4) is 0 Å². The predicted octanol–water partition coefficient (Wildman–Crippen LogP) is 3.46. The van der Waals surface area contributed by atoms with Crippen molar-refractivity contribution in [3.8, 4) is 0 Å². The lowest BCUT2D eigenvalue weighted by Gasteiger charge is -2.36. The van der Waals surface area contributed by atoms with Crippen LogP contribution in [0.2, 0.25) is 0 Å². The highest BCUT2D eigenvalue weighted by Gasteiger charge is 2.40. The number of carbonyl (C=O) groups excluding carboxylic acids is 1. The van der Waals surface area contributed by atoms with Gasteiger partial charge in [0.1, 0.15) is 5.60 Å². The first-order chi connectivity index (χ1) is 8.16. The Balaban J connectivity index is 2.05. The number of rotatable bonds is 4. The zero-order valence-corrected chi connectivity index (χ0v) is 11.4. The molecule has 0 radical (unpaired) electrons. The van der Waals surface area contributed by atoms with E-state index in [1.54, 1.807) is 18.4 Å². The average molecular weight is 252 g/mol. The number of hydrogen-bond acceptors (Lipinski definition) is 3. The number of Topliss-reactive ketones (excluding diaryl/α,β-unsaturated/α-hetero) is 1. The van der Waals surface area contributed by atoms with Gasteiger partial charge in [0.25, 0.3) is 0 Å². The van der Waals surface area contributed by atoms with Crippen molar-refractivity contribution in [3.63, 3.8) is 0 Å². The van der Waals surface area contributed by atoms with Gasteiger partial charge >= 0.3 is 0 Å². The molecule has 3 heteroatoms. The van der Waals surface area contributed by atoms with Crippen LogP contribution in [-0.2, 0) is 16.0 Å². The largest absolute Gasteiger partial charge is 0.370 e. The fourth-order valence-corrected chi connectivity index (χ4v) is 3.26. The van der Waals surface area contributed by atoms with Gasteiger partial charge in [0.2, 0.25) is 0 Å². The minimum absolute atomic E-state index is 0.259. The Bertz CT molecular complexity index is 362. The molecule has 1 fully saturated rings. The Morgan fingerprint density at radius 2 is 2.24 bits per heavy atom. The third-order valence-electron chi connectivity index (χ3n) is 3.90. The zero-order valence-electron chi connectivity index (χ0n) is 10.6. The number of ether oxygens (including phenoxy) is 1. The molecule has 0 atom stereocenters. The van der Waals surface area contributed by atoms with E-state index in [1.807, 2.05) is 17.5 Å². The van der Waals surface area contributed by atoms with Gasteiger partial charge < -0.3 is 4.74 Å². The maximum Gasteiger partial charge on any atom is 0.169 e. The fourth-order valence-electron chi connectivity index (χ4n) is 2.56. The van der Waals surface area contributed by atoms with Crippen LogP contribution >= 0.6 is 11.3 Å². The van der Waals surface area contributed by atoms with Crippen LogP contribution in [0.4, 0.5) is 0 Å². The van der Waals surface area contributed by atoms with Crippen molar-refractivity contribution < 1.29 is 9.53 Å². The monoisotopic (exact) mass is 252 g/mol. The minimum atomic E-state index is -0.503. The highest BCUT2D eigenvalue weighted by atomic mass is 32.1. The summed E-state index contributed by atoms with van der Waals surface area (Å²) < 4.78 is 5.59. The second-order valence-electron chi connectivity index (χ2n) is 5.06. The van der Waals surface area contributed by atoms with Crippen molar-refractivity contribution >= 4 is 17.1 Å². The van der Waals surface area contributed by atoms with Crippen molar-refractivity contribution in [1.29, 1.82) is 0 Å². The Kier molecular flexibility index (Phi) is 4.00. The fraction of sp³-hybridized carbons (Fsp3) is 0.643. The van der Waals surface area contributed by atoms with E-state index in [1.165, 1.54) is 0 Å². The number of thiophene rings is 1. The zero-order chi connectivity index (χ0) is 12.3. The SMILES string of the molecule is COC1(C(=O)Cc2cccs2)CCC(C)CC1. The molecule has 94 valence electrons. The van der Waals surface area contributed by atoms with Crippen molar-refractivity contribution in [2.24, 2.45) is 5.92 Å². The summed E-state index contributed by atoms with van der Waals surface area (Å²) in [5.74, 6) is 0.988. The predicted molar refractivity (Wildman–Crippen MR) is 70.4 cm³/mol. The van der Waals surface area contributed by atoms with Crippen LogP contribution < -0.4 is 0 Å². The number of methoxy groups -OCH3 is 1. The van der Waals surface area contributed by atoms with Crippen molar-refractivity contribution in [2.45, 2.75) is 44.6 Å². The van der Waals surface area contributed by atoms with E-state index in [0.29, 0.717) is 6.42 Å². The lowest BCUT2D eigenvalue weighted by Crippen LogP contribution is -2.44. The van der Waals surface area contributed by atoms with Gasteiger partial charge in [-0.25, -0.2) is 0 Å². The van der Waals surface area contributed by atoms with Gasteiger partial charge in [-0.05, 0) is 43.0 Å². The molecule has 1 heterocycles. The molecule has 0 aromatic carbocycles. The summed E-state index contributed by atoms with van der Waals surface area (Å²) in [4.78, 5) is 13.6. The van der Waals surface area contributed by atoms with Crippen LogP contribution in [0.1, 0.15) is 37.5 Å². The third-order valence-corrected chi connectivity index (χ3v) is 4.77. The van der Waals surface area contributed by atoms with E-state index in [4.69, 9.17) is 4.74 Å². The molecular weight excluding hydrogens is 232 g/mol. The number of ketones is 1. The molecule has 0 aliphatic heterocycles. The van der Waals surface area contributed by atoms with Crippen molar-refractivity contribution in [3.05, 3.63) is 22.4 Å². The summed E-state index contributed by atoms with van der Waals surface area (Å²) in [7, 11) is 1.68. The summed E-state index contributed by atoms with van der Waals surface area (Å²) in [6.45, 7) is 2.25. The van der Waals surface area contributed by atoms with E-state index < -0.39 is 5.60 Å². The molecule has 0 saturated heterocycles. The topological polar surface area (TPSA) is 26.3 Å². The standard InChI is InChI=1S/C14H20O2S/c1-11-5-7-14(16-2,8-6-11)13(15)10-12-4-3-9-17-12/h3-4,9,11H,5-8,10H2,1-2H3. The minimum Gasteiger partial charge on any atom is -0.370 e. The number of hydrogen-bond donors (Lipinski definition) is 0. The second-order valence-corrected chi connectivity index (χ2v) is 6.09. The van der Waals surface area contributed by atoms with E-state index in [2.05, 4.69) is 6.92 Å². The molecule has 0 N–H and O–H groups in total. The first kappa shape index (κ1) is 12.8. The van der Waals surface area contributed by atoms with Crippen molar-refractivity contribution in [2.75, 3.05) is 7.11 Å². The van der Waals surface area contributed by atoms with E-state index in [9.17, 15) is 4.79 Å². The molecule has 17 heavy (non-hydrogen) atoms. The molecule has 0 bridgehead atoms. The lowest BCUT2D eigenvalue weighted by atomic mass is 9.76. The molecule has 2 rings (SSSR count). The van der Waals surface area contributed by atoms with Crippen LogP contribution in [0.25, 0.3) is 0 Å². The summed E-state index contributed by atoms with van der Waals surface area (Å²) in [6, 6.07) is 4.02. The molecule has 1 aliphatic carbocycles. The van der Waals surface area contributed by atoms with E-state index in [0.717, 1.165) is 36.5 Å². The highest BCUT2D eigenvalue weighted by Crippen LogP contribution is 2.36. The first-order valence-electron chi connectivity index (χ1n) is 6.27. The molecule has 2 nitrogen and oxygen atoms in total. The van der Waals surface area contributed by atoms with Crippen LogP contribution in [0.5, 0.6) is 0 Å². The van der Waals surface area contributed by atoms with Gasteiger partial charge in [0.05, 0.1) is 0 Å². The van der Waals surface area contributed by atoms with Gasteiger partial charge in [-0.15, -0.1) is 11.3 Å². The maximum atomic E-state index is 12.4. The van der Waals surface area contributed by atoms with Crippen molar-refractivity contribution in [1.82, 2.24) is 0 Å². The number of carbonyl (C=O) groups is 1. The van der Waals surface area contributed by atoms with Crippen LogP contribution in [-0.4, -0.2) is 18.5 Å².